The molecule has 0 bridgehead atoms. The topological polar surface area (TPSA) is 81.8 Å². The zero-order chi connectivity index (χ0) is 15.4. The van der Waals surface area contributed by atoms with Crippen LogP contribution in [-0.4, -0.2) is 66.9 Å². The molecule has 1 aliphatic heterocycles. The van der Waals surface area contributed by atoms with Crippen molar-refractivity contribution >= 4 is 17.8 Å². The van der Waals surface area contributed by atoms with Crippen molar-refractivity contribution in [1.82, 2.24) is 20.4 Å². The number of hydrogen-bond donors (Lipinski definition) is 2. The fourth-order valence-electron chi connectivity index (χ4n) is 2.89. The van der Waals surface area contributed by atoms with Crippen molar-refractivity contribution in [3.8, 4) is 0 Å². The molecule has 0 spiro atoms. The van der Waals surface area contributed by atoms with E-state index in [0.29, 0.717) is 12.6 Å². The number of hydrogen-bond acceptors (Lipinski definition) is 4. The van der Waals surface area contributed by atoms with Gasteiger partial charge in [-0.3, -0.25) is 14.9 Å². The number of urea groups is 1. The molecular weight excluding hydrogens is 272 g/mol. The van der Waals surface area contributed by atoms with Gasteiger partial charge in [0.25, 0.3) is 5.91 Å². The van der Waals surface area contributed by atoms with E-state index >= 15 is 0 Å². The van der Waals surface area contributed by atoms with Crippen molar-refractivity contribution in [3.05, 3.63) is 0 Å². The summed E-state index contributed by atoms with van der Waals surface area (Å²) in [5.74, 6) is -0.554. The highest BCUT2D eigenvalue weighted by Crippen LogP contribution is 2.22. The van der Waals surface area contributed by atoms with Crippen LogP contribution in [0.4, 0.5) is 4.79 Å². The van der Waals surface area contributed by atoms with Crippen LogP contribution in [0.5, 0.6) is 0 Å². The smallest absolute Gasteiger partial charge is 0.322 e. The molecule has 1 atom stereocenters. The lowest BCUT2D eigenvalue weighted by Gasteiger charge is -2.27. The molecule has 1 aliphatic carbocycles. The molecule has 118 valence electrons. The van der Waals surface area contributed by atoms with Crippen molar-refractivity contribution in [1.29, 1.82) is 0 Å². The van der Waals surface area contributed by atoms with Gasteiger partial charge in [-0.05, 0) is 19.9 Å². The van der Waals surface area contributed by atoms with Crippen molar-refractivity contribution in [2.45, 2.75) is 44.2 Å². The minimum Gasteiger partial charge on any atom is -0.344 e. The lowest BCUT2D eigenvalue weighted by molar-refractivity contribution is -0.133. The van der Waals surface area contributed by atoms with Crippen molar-refractivity contribution in [3.63, 3.8) is 0 Å². The standard InChI is InChI=1S/C14H24N4O3/c1-17(10-5-3-4-6-10)7-8-18(2)12(19)9-11-13(20)16-14(21)15-11/h10-11H,3-9H2,1-2H3,(H2,15,16,20,21)/t11-/m0/s1. The van der Waals surface area contributed by atoms with Crippen LogP contribution in [0.3, 0.4) is 0 Å². The van der Waals surface area contributed by atoms with E-state index in [0.717, 1.165) is 6.54 Å². The molecule has 7 nitrogen and oxygen atoms in total. The van der Waals surface area contributed by atoms with E-state index in [9.17, 15) is 14.4 Å². The molecule has 4 amide bonds. The van der Waals surface area contributed by atoms with Gasteiger partial charge in [-0.25, -0.2) is 4.79 Å². The van der Waals surface area contributed by atoms with E-state index in [1.807, 2.05) is 0 Å². The second kappa shape index (κ2) is 6.89. The molecule has 0 aromatic carbocycles. The average Bonchev–Trinajstić information content (AvgIpc) is 3.06. The van der Waals surface area contributed by atoms with E-state index in [-0.39, 0.29) is 12.3 Å². The van der Waals surface area contributed by atoms with E-state index in [1.165, 1.54) is 25.7 Å². The number of amides is 4. The summed E-state index contributed by atoms with van der Waals surface area (Å²) < 4.78 is 0. The molecule has 0 radical (unpaired) electrons. The molecule has 0 aromatic heterocycles. The Morgan fingerprint density at radius 2 is 1.86 bits per heavy atom. The number of carbonyl (C=O) groups excluding carboxylic acids is 3. The van der Waals surface area contributed by atoms with Gasteiger partial charge in [-0.1, -0.05) is 12.8 Å². The first-order valence-electron chi connectivity index (χ1n) is 7.53. The molecule has 7 heteroatoms. The number of nitrogens with zero attached hydrogens (tertiary/aromatic N) is 2. The Bertz CT molecular complexity index is 420. The maximum absolute atomic E-state index is 12.1. The number of rotatable bonds is 6. The van der Waals surface area contributed by atoms with E-state index < -0.39 is 18.0 Å². The van der Waals surface area contributed by atoms with Crippen LogP contribution in [-0.2, 0) is 9.59 Å². The van der Waals surface area contributed by atoms with Gasteiger partial charge in [0.05, 0.1) is 6.42 Å². The van der Waals surface area contributed by atoms with Gasteiger partial charge in [-0.2, -0.15) is 0 Å². The Hall–Kier alpha value is -1.63. The van der Waals surface area contributed by atoms with Crippen molar-refractivity contribution in [2.24, 2.45) is 0 Å². The summed E-state index contributed by atoms with van der Waals surface area (Å²) in [6, 6.07) is -0.630. The van der Waals surface area contributed by atoms with Crippen molar-refractivity contribution < 1.29 is 14.4 Å². The molecule has 2 fully saturated rings. The number of carbonyl (C=O) groups is 3. The Morgan fingerprint density at radius 1 is 1.19 bits per heavy atom. The van der Waals surface area contributed by atoms with Gasteiger partial charge < -0.3 is 15.1 Å². The molecule has 0 unspecified atom stereocenters. The zero-order valence-corrected chi connectivity index (χ0v) is 12.7. The quantitative estimate of drug-likeness (QED) is 0.672. The lowest BCUT2D eigenvalue weighted by Crippen LogP contribution is -2.41. The van der Waals surface area contributed by atoms with Gasteiger partial charge in [0.15, 0.2) is 0 Å². The molecule has 2 aliphatic rings. The molecule has 1 saturated carbocycles. The Labute approximate surface area is 125 Å². The lowest BCUT2D eigenvalue weighted by atomic mass is 10.2. The Kier molecular flexibility index (Phi) is 5.17. The van der Waals surface area contributed by atoms with Crippen LogP contribution < -0.4 is 10.6 Å². The predicted octanol–water partition coefficient (Wildman–Crippen LogP) is -0.0827. The van der Waals surface area contributed by atoms with Crippen molar-refractivity contribution in [2.75, 3.05) is 27.2 Å². The zero-order valence-electron chi connectivity index (χ0n) is 12.7. The molecule has 2 N–H and O–H groups in total. The first-order chi connectivity index (χ1) is 9.97. The fraction of sp³-hybridized carbons (Fsp3) is 0.786. The van der Waals surface area contributed by atoms with Gasteiger partial charge in [-0.15, -0.1) is 0 Å². The monoisotopic (exact) mass is 296 g/mol. The summed E-state index contributed by atoms with van der Waals surface area (Å²) in [5, 5.41) is 4.57. The van der Waals surface area contributed by atoms with Crippen LogP contribution in [0.15, 0.2) is 0 Å². The third-order valence-electron chi connectivity index (χ3n) is 4.40. The first-order valence-corrected chi connectivity index (χ1v) is 7.53. The van der Waals surface area contributed by atoms with Crippen LogP contribution >= 0.6 is 0 Å². The summed E-state index contributed by atoms with van der Waals surface area (Å²) in [7, 11) is 3.83. The van der Waals surface area contributed by atoms with Gasteiger partial charge >= 0.3 is 6.03 Å². The summed E-state index contributed by atoms with van der Waals surface area (Å²) in [4.78, 5) is 38.4. The van der Waals surface area contributed by atoms with Gasteiger partial charge in [0.1, 0.15) is 6.04 Å². The number of nitrogens with one attached hydrogen (secondary N) is 2. The molecule has 21 heavy (non-hydrogen) atoms. The summed E-state index contributed by atoms with van der Waals surface area (Å²) >= 11 is 0. The second-order valence-corrected chi connectivity index (χ2v) is 5.95. The normalized spacial score (nSPS) is 22.5. The molecule has 0 aromatic rings. The minimum absolute atomic E-state index is 0.0151. The maximum Gasteiger partial charge on any atom is 0.322 e. The van der Waals surface area contributed by atoms with E-state index in [4.69, 9.17) is 0 Å². The first kappa shape index (κ1) is 15.8. The van der Waals surface area contributed by atoms with Crippen LogP contribution in [0, 0.1) is 0 Å². The fourth-order valence-corrected chi connectivity index (χ4v) is 2.89. The Morgan fingerprint density at radius 3 is 2.43 bits per heavy atom. The molecule has 2 rings (SSSR count). The van der Waals surface area contributed by atoms with E-state index in [1.54, 1.807) is 11.9 Å². The van der Waals surface area contributed by atoms with Crippen LogP contribution in [0.25, 0.3) is 0 Å². The maximum atomic E-state index is 12.1. The highest BCUT2D eigenvalue weighted by molar-refractivity contribution is 6.05. The third kappa shape index (κ3) is 4.17. The highest BCUT2D eigenvalue weighted by Gasteiger charge is 2.32. The molecule has 1 saturated heterocycles. The summed E-state index contributed by atoms with van der Waals surface area (Å²) in [6.07, 6.45) is 5.08. The SMILES string of the molecule is CN(CCN(C)C1CCCC1)C(=O)C[C@@H]1NC(=O)NC1=O. The second-order valence-electron chi connectivity index (χ2n) is 5.95. The molecule has 1 heterocycles. The third-order valence-corrected chi connectivity index (χ3v) is 4.40. The van der Waals surface area contributed by atoms with Crippen LogP contribution in [0.1, 0.15) is 32.1 Å². The van der Waals surface area contributed by atoms with Gasteiger partial charge in [0, 0.05) is 26.2 Å². The summed E-state index contributed by atoms with van der Waals surface area (Å²) in [5.41, 5.74) is 0. The predicted molar refractivity (Wildman–Crippen MR) is 77.6 cm³/mol. The van der Waals surface area contributed by atoms with Gasteiger partial charge in [0.2, 0.25) is 5.91 Å². The molecular formula is C14H24N4O3. The summed E-state index contributed by atoms with van der Waals surface area (Å²) in [6.45, 7) is 1.46. The van der Waals surface area contributed by atoms with Crippen LogP contribution in [0.2, 0.25) is 0 Å². The van der Waals surface area contributed by atoms with E-state index in [2.05, 4.69) is 22.6 Å². The highest BCUT2D eigenvalue weighted by atomic mass is 16.2. The Balaban J connectivity index is 1.72. The average molecular weight is 296 g/mol. The minimum atomic E-state index is -0.736. The number of imide groups is 1. The number of likely N-dealkylation sites (N-methyl/N-ethyl adjacent to an activating group) is 2. The largest absolute Gasteiger partial charge is 0.344 e.